The van der Waals surface area contributed by atoms with Crippen LogP contribution in [0.2, 0.25) is 10.0 Å². The summed E-state index contributed by atoms with van der Waals surface area (Å²) in [5.74, 6) is -0.529. The molecule has 2 aromatic carbocycles. The van der Waals surface area contributed by atoms with Crippen molar-refractivity contribution in [1.29, 1.82) is 0 Å². The molecule has 0 aliphatic carbocycles. The minimum atomic E-state index is -0.707. The van der Waals surface area contributed by atoms with Crippen LogP contribution in [-0.2, 0) is 11.3 Å². The normalized spacial score (nSPS) is 10.1. The van der Waals surface area contributed by atoms with Crippen molar-refractivity contribution in [3.8, 4) is 0 Å². The first-order valence-corrected chi connectivity index (χ1v) is 6.99. The molecular formula is C15H12Cl2N2O3. The Hall–Kier alpha value is -2.24. The van der Waals surface area contributed by atoms with Gasteiger partial charge >= 0.3 is 12.0 Å². The van der Waals surface area contributed by atoms with Crippen LogP contribution in [-0.4, -0.2) is 12.0 Å². The third-order valence-corrected chi connectivity index (χ3v) is 3.46. The van der Waals surface area contributed by atoms with Gasteiger partial charge in [-0.15, -0.1) is 0 Å². The van der Waals surface area contributed by atoms with Gasteiger partial charge in [0, 0.05) is 5.69 Å². The van der Waals surface area contributed by atoms with Crippen LogP contribution in [0.15, 0.2) is 42.5 Å². The summed E-state index contributed by atoms with van der Waals surface area (Å²) in [6.45, 7) is 0.0587. The molecule has 0 bridgehead atoms. The fourth-order valence-electron chi connectivity index (χ4n) is 1.73. The van der Waals surface area contributed by atoms with Crippen molar-refractivity contribution in [3.05, 3.63) is 63.6 Å². The second-order valence-corrected chi connectivity index (χ2v) is 5.21. The summed E-state index contributed by atoms with van der Waals surface area (Å²) in [5.41, 5.74) is 6.45. The van der Waals surface area contributed by atoms with Gasteiger partial charge in [0.15, 0.2) is 0 Å². The lowest BCUT2D eigenvalue weighted by atomic mass is 10.2. The third kappa shape index (κ3) is 4.38. The number of ether oxygens (including phenoxy) is 1. The number of esters is 1. The van der Waals surface area contributed by atoms with Crippen LogP contribution in [0.5, 0.6) is 0 Å². The van der Waals surface area contributed by atoms with Gasteiger partial charge in [-0.1, -0.05) is 35.3 Å². The van der Waals surface area contributed by atoms with Gasteiger partial charge in [-0.05, 0) is 35.9 Å². The maximum atomic E-state index is 12.0. The minimum absolute atomic E-state index is 0.0587. The number of nitrogens with two attached hydrogens (primary N) is 1. The predicted octanol–water partition coefficient (Wildman–Crippen LogP) is 3.84. The number of halogens is 2. The van der Waals surface area contributed by atoms with E-state index in [0.717, 1.165) is 0 Å². The van der Waals surface area contributed by atoms with E-state index < -0.39 is 12.0 Å². The average molecular weight is 339 g/mol. The molecule has 0 saturated carbocycles. The lowest BCUT2D eigenvalue weighted by Gasteiger charge is -2.07. The van der Waals surface area contributed by atoms with Crippen molar-refractivity contribution < 1.29 is 14.3 Å². The van der Waals surface area contributed by atoms with E-state index >= 15 is 0 Å². The number of hydrogen-bond acceptors (Lipinski definition) is 3. The molecular weight excluding hydrogens is 327 g/mol. The Labute approximate surface area is 137 Å². The molecule has 0 fully saturated rings. The van der Waals surface area contributed by atoms with Crippen molar-refractivity contribution in [3.63, 3.8) is 0 Å². The Morgan fingerprint density at radius 2 is 1.86 bits per heavy atom. The molecule has 7 heteroatoms. The first-order valence-electron chi connectivity index (χ1n) is 6.23. The van der Waals surface area contributed by atoms with Crippen molar-refractivity contribution >= 4 is 40.9 Å². The molecule has 5 nitrogen and oxygen atoms in total. The molecule has 2 amide bonds. The predicted molar refractivity (Wildman–Crippen MR) is 85.2 cm³/mol. The van der Waals surface area contributed by atoms with Crippen molar-refractivity contribution in [1.82, 2.24) is 0 Å². The minimum Gasteiger partial charge on any atom is -0.457 e. The molecule has 0 aliphatic heterocycles. The van der Waals surface area contributed by atoms with E-state index in [4.69, 9.17) is 33.7 Å². The lowest BCUT2D eigenvalue weighted by Crippen LogP contribution is -2.19. The Bertz CT molecular complexity index is 720. The molecule has 0 unspecified atom stereocenters. The summed E-state index contributed by atoms with van der Waals surface area (Å²) < 4.78 is 5.18. The molecule has 2 aromatic rings. The first-order chi connectivity index (χ1) is 10.5. The number of benzene rings is 2. The highest BCUT2D eigenvalue weighted by molar-refractivity contribution is 6.42. The number of primary amides is 1. The van der Waals surface area contributed by atoms with Crippen LogP contribution in [0.25, 0.3) is 0 Å². The number of nitrogens with one attached hydrogen (secondary N) is 1. The Kier molecular flexibility index (Phi) is 5.25. The van der Waals surface area contributed by atoms with E-state index in [1.54, 1.807) is 36.4 Å². The highest BCUT2D eigenvalue weighted by Gasteiger charge is 2.09. The van der Waals surface area contributed by atoms with Gasteiger partial charge in [-0.3, -0.25) is 0 Å². The fourth-order valence-corrected chi connectivity index (χ4v) is 2.05. The topological polar surface area (TPSA) is 81.4 Å². The zero-order valence-electron chi connectivity index (χ0n) is 11.3. The summed E-state index contributed by atoms with van der Waals surface area (Å²) in [4.78, 5) is 22.8. The van der Waals surface area contributed by atoms with Gasteiger partial charge in [-0.25, -0.2) is 9.59 Å². The van der Waals surface area contributed by atoms with Crippen LogP contribution >= 0.6 is 23.2 Å². The quantitative estimate of drug-likeness (QED) is 0.831. The highest BCUT2D eigenvalue weighted by Crippen LogP contribution is 2.23. The van der Waals surface area contributed by atoms with Gasteiger partial charge in [0.05, 0.1) is 15.6 Å². The molecule has 0 radical (unpaired) electrons. The van der Waals surface area contributed by atoms with Crippen LogP contribution in [0.4, 0.5) is 10.5 Å². The van der Waals surface area contributed by atoms with Gasteiger partial charge in [0.2, 0.25) is 0 Å². The monoisotopic (exact) mass is 338 g/mol. The van der Waals surface area contributed by atoms with Crippen LogP contribution in [0, 0.1) is 0 Å². The Morgan fingerprint density at radius 3 is 2.55 bits per heavy atom. The standard InChI is InChI=1S/C15H12Cl2N2O3/c16-12-5-4-9(6-13(12)17)8-22-14(20)10-2-1-3-11(7-10)19-15(18)21/h1-7H,8H2,(H3,18,19,21). The molecule has 3 N–H and O–H groups in total. The second kappa shape index (κ2) is 7.15. The lowest BCUT2D eigenvalue weighted by molar-refractivity contribution is 0.0472. The van der Waals surface area contributed by atoms with Crippen LogP contribution < -0.4 is 11.1 Å². The maximum Gasteiger partial charge on any atom is 0.338 e. The van der Waals surface area contributed by atoms with Crippen molar-refractivity contribution in [2.75, 3.05) is 5.32 Å². The van der Waals surface area contributed by atoms with Crippen molar-refractivity contribution in [2.45, 2.75) is 6.61 Å². The van der Waals surface area contributed by atoms with E-state index in [1.165, 1.54) is 6.07 Å². The van der Waals surface area contributed by atoms with E-state index in [1.807, 2.05) is 0 Å². The first kappa shape index (κ1) is 16.1. The third-order valence-electron chi connectivity index (χ3n) is 2.72. The van der Waals surface area contributed by atoms with Gasteiger partial charge in [-0.2, -0.15) is 0 Å². The fraction of sp³-hybridized carbons (Fsp3) is 0.0667. The number of carbonyl (C=O) groups is 2. The Morgan fingerprint density at radius 1 is 1.09 bits per heavy atom. The molecule has 0 saturated heterocycles. The summed E-state index contributed by atoms with van der Waals surface area (Å²) in [7, 11) is 0. The molecule has 0 aromatic heterocycles. The largest absolute Gasteiger partial charge is 0.457 e. The van der Waals surface area contributed by atoms with Gasteiger partial charge in [0.1, 0.15) is 6.61 Å². The smallest absolute Gasteiger partial charge is 0.338 e. The zero-order chi connectivity index (χ0) is 16.1. The molecule has 114 valence electrons. The number of rotatable bonds is 4. The number of hydrogen-bond donors (Lipinski definition) is 2. The van der Waals surface area contributed by atoms with E-state index in [0.29, 0.717) is 26.9 Å². The van der Waals surface area contributed by atoms with E-state index in [9.17, 15) is 9.59 Å². The number of anilines is 1. The van der Waals surface area contributed by atoms with Gasteiger partial charge < -0.3 is 15.8 Å². The summed E-state index contributed by atoms with van der Waals surface area (Å²) >= 11 is 11.7. The molecule has 0 atom stereocenters. The van der Waals surface area contributed by atoms with Crippen molar-refractivity contribution in [2.24, 2.45) is 5.73 Å². The SMILES string of the molecule is NC(=O)Nc1cccc(C(=O)OCc2ccc(Cl)c(Cl)c2)c1. The zero-order valence-corrected chi connectivity index (χ0v) is 12.8. The number of carbonyl (C=O) groups excluding carboxylic acids is 2. The molecule has 0 aliphatic rings. The molecule has 0 heterocycles. The maximum absolute atomic E-state index is 12.0. The van der Waals surface area contributed by atoms with E-state index in [2.05, 4.69) is 5.32 Å². The summed E-state index contributed by atoms with van der Waals surface area (Å²) in [5, 5.41) is 3.21. The second-order valence-electron chi connectivity index (χ2n) is 4.39. The number of amides is 2. The molecule has 22 heavy (non-hydrogen) atoms. The summed E-state index contributed by atoms with van der Waals surface area (Å²) in [6.07, 6.45) is 0. The highest BCUT2D eigenvalue weighted by atomic mass is 35.5. The van der Waals surface area contributed by atoms with Crippen LogP contribution in [0.1, 0.15) is 15.9 Å². The van der Waals surface area contributed by atoms with Gasteiger partial charge in [0.25, 0.3) is 0 Å². The van der Waals surface area contributed by atoms with E-state index in [-0.39, 0.29) is 6.61 Å². The Balaban J connectivity index is 2.02. The molecule has 2 rings (SSSR count). The average Bonchev–Trinajstić information content (AvgIpc) is 2.48. The number of urea groups is 1. The van der Waals surface area contributed by atoms with Crippen LogP contribution in [0.3, 0.4) is 0 Å². The summed E-state index contributed by atoms with van der Waals surface area (Å²) in [6, 6.07) is 10.5. The molecule has 0 spiro atoms.